The van der Waals surface area contributed by atoms with Gasteiger partial charge >= 0.3 is 0 Å². The second kappa shape index (κ2) is 5.76. The molecule has 118 valence electrons. The second-order valence-corrected chi connectivity index (χ2v) is 5.75. The molecule has 0 aliphatic rings. The topological polar surface area (TPSA) is 66.0 Å². The first-order valence-corrected chi connectivity index (χ1v) is 7.44. The van der Waals surface area contributed by atoms with Crippen LogP contribution in [0.2, 0.25) is 0 Å². The molecule has 2 aromatic carbocycles. The number of aryl methyl sites for hydroxylation is 3. The summed E-state index contributed by atoms with van der Waals surface area (Å²) in [6.45, 7) is 6.29. The minimum Gasteiger partial charge on any atom is -0.495 e. The lowest BCUT2D eigenvalue weighted by Crippen LogP contribution is -1.98. The highest BCUT2D eigenvalue weighted by atomic mass is 16.5. The van der Waals surface area contributed by atoms with Gasteiger partial charge in [-0.3, -0.25) is 0 Å². The van der Waals surface area contributed by atoms with Crippen molar-refractivity contribution >= 4 is 5.69 Å². The standard InChI is InChI=1S/C18H20N4O/c1-11-7-12(2)18(13(3)8-11)16-10-22(21-20-16)14-5-6-17(23-4)15(19)9-14/h5-10H,19H2,1-4H3. The molecular formula is C18H20N4O. The predicted molar refractivity (Wildman–Crippen MR) is 92.0 cm³/mol. The number of nitrogen functional groups attached to an aromatic ring is 1. The number of hydrogen-bond donors (Lipinski definition) is 1. The third kappa shape index (κ3) is 2.77. The maximum atomic E-state index is 5.97. The number of ether oxygens (including phenoxy) is 1. The number of rotatable bonds is 3. The summed E-state index contributed by atoms with van der Waals surface area (Å²) in [5, 5.41) is 8.56. The lowest BCUT2D eigenvalue weighted by atomic mass is 9.98. The molecule has 0 amide bonds. The zero-order valence-electron chi connectivity index (χ0n) is 13.8. The first-order chi connectivity index (χ1) is 11.0. The minimum atomic E-state index is 0.574. The summed E-state index contributed by atoms with van der Waals surface area (Å²) in [7, 11) is 1.60. The Morgan fingerprint density at radius 1 is 1.04 bits per heavy atom. The highest BCUT2D eigenvalue weighted by molar-refractivity contribution is 5.68. The van der Waals surface area contributed by atoms with E-state index in [1.54, 1.807) is 11.8 Å². The SMILES string of the molecule is COc1ccc(-n2cc(-c3c(C)cc(C)cc3C)nn2)cc1N. The van der Waals surface area contributed by atoms with Crippen LogP contribution in [0.3, 0.4) is 0 Å². The van der Waals surface area contributed by atoms with Crippen LogP contribution in [0.1, 0.15) is 16.7 Å². The van der Waals surface area contributed by atoms with Gasteiger partial charge in [0, 0.05) is 5.56 Å². The fraction of sp³-hybridized carbons (Fsp3) is 0.222. The van der Waals surface area contributed by atoms with Gasteiger partial charge in [-0.1, -0.05) is 22.9 Å². The van der Waals surface area contributed by atoms with Gasteiger partial charge in [-0.05, 0) is 50.1 Å². The lowest BCUT2D eigenvalue weighted by molar-refractivity contribution is 0.417. The number of anilines is 1. The number of nitrogens with zero attached hydrogens (tertiary/aromatic N) is 3. The van der Waals surface area contributed by atoms with Gasteiger partial charge in [0.1, 0.15) is 11.4 Å². The van der Waals surface area contributed by atoms with Crippen LogP contribution in [0.4, 0.5) is 5.69 Å². The molecule has 0 fully saturated rings. The molecule has 0 atom stereocenters. The van der Waals surface area contributed by atoms with E-state index in [0.717, 1.165) is 16.9 Å². The molecule has 1 heterocycles. The average Bonchev–Trinajstić information content (AvgIpc) is 2.95. The molecule has 0 spiro atoms. The van der Waals surface area contributed by atoms with E-state index >= 15 is 0 Å². The fourth-order valence-corrected chi connectivity index (χ4v) is 2.95. The zero-order chi connectivity index (χ0) is 16.6. The second-order valence-electron chi connectivity index (χ2n) is 5.75. The van der Waals surface area contributed by atoms with Crippen LogP contribution in [-0.4, -0.2) is 22.1 Å². The van der Waals surface area contributed by atoms with Crippen molar-refractivity contribution in [1.82, 2.24) is 15.0 Å². The van der Waals surface area contributed by atoms with Crippen molar-refractivity contribution in [2.45, 2.75) is 20.8 Å². The van der Waals surface area contributed by atoms with Gasteiger partial charge in [-0.2, -0.15) is 0 Å². The Labute approximate surface area is 135 Å². The molecule has 3 aromatic rings. The Morgan fingerprint density at radius 2 is 1.74 bits per heavy atom. The van der Waals surface area contributed by atoms with Gasteiger partial charge < -0.3 is 10.5 Å². The van der Waals surface area contributed by atoms with Crippen LogP contribution in [0.15, 0.2) is 36.5 Å². The van der Waals surface area contributed by atoms with Crippen molar-refractivity contribution in [3.63, 3.8) is 0 Å². The van der Waals surface area contributed by atoms with E-state index in [4.69, 9.17) is 10.5 Å². The Balaban J connectivity index is 2.03. The fourth-order valence-electron chi connectivity index (χ4n) is 2.95. The van der Waals surface area contributed by atoms with E-state index in [-0.39, 0.29) is 0 Å². The smallest absolute Gasteiger partial charge is 0.141 e. The van der Waals surface area contributed by atoms with E-state index in [1.165, 1.54) is 16.7 Å². The molecule has 0 saturated carbocycles. The molecule has 0 bridgehead atoms. The molecule has 0 aliphatic heterocycles. The van der Waals surface area contributed by atoms with Crippen LogP contribution in [0, 0.1) is 20.8 Å². The molecule has 1 aromatic heterocycles. The molecule has 0 unspecified atom stereocenters. The molecule has 0 saturated heterocycles. The number of benzene rings is 2. The predicted octanol–water partition coefficient (Wildman–Crippen LogP) is 3.45. The summed E-state index contributed by atoms with van der Waals surface area (Å²) in [6.07, 6.45) is 1.92. The van der Waals surface area contributed by atoms with Crippen molar-refractivity contribution in [3.8, 4) is 22.7 Å². The summed E-state index contributed by atoms with van der Waals surface area (Å²) in [4.78, 5) is 0. The van der Waals surface area contributed by atoms with E-state index in [9.17, 15) is 0 Å². The summed E-state index contributed by atoms with van der Waals surface area (Å²) in [6, 6.07) is 9.88. The summed E-state index contributed by atoms with van der Waals surface area (Å²) in [5.74, 6) is 0.652. The maximum absolute atomic E-state index is 5.97. The van der Waals surface area contributed by atoms with Crippen LogP contribution >= 0.6 is 0 Å². The zero-order valence-corrected chi connectivity index (χ0v) is 13.8. The minimum absolute atomic E-state index is 0.574. The van der Waals surface area contributed by atoms with E-state index < -0.39 is 0 Å². The molecule has 23 heavy (non-hydrogen) atoms. The van der Waals surface area contributed by atoms with Gasteiger partial charge in [-0.15, -0.1) is 5.10 Å². The Bertz CT molecular complexity index is 844. The number of aromatic nitrogens is 3. The molecule has 3 rings (SSSR count). The Kier molecular flexibility index (Phi) is 3.78. The monoisotopic (exact) mass is 308 g/mol. The summed E-state index contributed by atoms with van der Waals surface area (Å²) in [5.41, 5.74) is 13.0. The third-order valence-electron chi connectivity index (χ3n) is 3.90. The van der Waals surface area contributed by atoms with E-state index in [0.29, 0.717) is 11.4 Å². The Hall–Kier alpha value is -2.82. The number of nitrogens with two attached hydrogens (primary N) is 1. The largest absolute Gasteiger partial charge is 0.495 e. The van der Waals surface area contributed by atoms with Crippen LogP contribution in [-0.2, 0) is 0 Å². The van der Waals surface area contributed by atoms with Crippen molar-refractivity contribution in [3.05, 3.63) is 53.2 Å². The van der Waals surface area contributed by atoms with Crippen LogP contribution in [0.5, 0.6) is 5.75 Å². The summed E-state index contributed by atoms with van der Waals surface area (Å²) < 4.78 is 6.91. The van der Waals surface area contributed by atoms with Crippen LogP contribution in [0.25, 0.3) is 16.9 Å². The molecule has 5 heteroatoms. The molecule has 5 nitrogen and oxygen atoms in total. The van der Waals surface area contributed by atoms with Gasteiger partial charge in [0.15, 0.2) is 0 Å². The maximum Gasteiger partial charge on any atom is 0.141 e. The first-order valence-electron chi connectivity index (χ1n) is 7.44. The molecular weight excluding hydrogens is 288 g/mol. The average molecular weight is 308 g/mol. The molecule has 2 N–H and O–H groups in total. The van der Waals surface area contributed by atoms with Crippen LogP contribution < -0.4 is 10.5 Å². The van der Waals surface area contributed by atoms with Crippen molar-refractivity contribution in [2.24, 2.45) is 0 Å². The molecule has 0 radical (unpaired) electrons. The van der Waals surface area contributed by atoms with Gasteiger partial charge in [0.2, 0.25) is 0 Å². The first kappa shape index (κ1) is 15.1. The Morgan fingerprint density at radius 3 is 2.35 bits per heavy atom. The molecule has 0 aliphatic carbocycles. The van der Waals surface area contributed by atoms with Gasteiger partial charge in [0.05, 0.1) is 24.7 Å². The highest BCUT2D eigenvalue weighted by Crippen LogP contribution is 2.28. The highest BCUT2D eigenvalue weighted by Gasteiger charge is 2.12. The third-order valence-corrected chi connectivity index (χ3v) is 3.90. The quantitative estimate of drug-likeness (QED) is 0.753. The van der Waals surface area contributed by atoms with E-state index in [1.807, 2.05) is 24.4 Å². The number of hydrogen-bond acceptors (Lipinski definition) is 4. The normalized spacial score (nSPS) is 10.8. The lowest BCUT2D eigenvalue weighted by Gasteiger charge is -2.08. The summed E-state index contributed by atoms with van der Waals surface area (Å²) >= 11 is 0. The number of methoxy groups -OCH3 is 1. The van der Waals surface area contributed by atoms with Crippen molar-refractivity contribution in [1.29, 1.82) is 0 Å². The van der Waals surface area contributed by atoms with Crippen molar-refractivity contribution < 1.29 is 4.74 Å². The van der Waals surface area contributed by atoms with Gasteiger partial charge in [-0.25, -0.2) is 4.68 Å². The van der Waals surface area contributed by atoms with Crippen molar-refractivity contribution in [2.75, 3.05) is 12.8 Å². The van der Waals surface area contributed by atoms with Gasteiger partial charge in [0.25, 0.3) is 0 Å². The van der Waals surface area contributed by atoms with E-state index in [2.05, 4.69) is 43.2 Å².